The van der Waals surface area contributed by atoms with Crippen molar-refractivity contribution < 1.29 is 9.72 Å². The molecule has 2 heterocycles. The molecule has 2 N–H and O–H groups in total. The van der Waals surface area contributed by atoms with Gasteiger partial charge in [-0.3, -0.25) is 14.9 Å². The number of rotatable bonds is 8. The molecule has 1 aromatic heterocycles. The Hall–Kier alpha value is -3.66. The third-order valence-electron chi connectivity index (χ3n) is 6.09. The van der Waals surface area contributed by atoms with Gasteiger partial charge in [0.1, 0.15) is 6.04 Å². The van der Waals surface area contributed by atoms with Crippen molar-refractivity contribution in [3.63, 3.8) is 0 Å². The number of carbonyl (C=O) groups is 1. The van der Waals surface area contributed by atoms with E-state index in [-0.39, 0.29) is 11.6 Å². The average molecular weight is 493 g/mol. The van der Waals surface area contributed by atoms with E-state index >= 15 is 0 Å². The van der Waals surface area contributed by atoms with Crippen molar-refractivity contribution in [1.29, 1.82) is 0 Å². The number of nitro groups is 1. The number of hydrogen-bond acceptors (Lipinski definition) is 7. The summed E-state index contributed by atoms with van der Waals surface area (Å²) in [5, 5.41) is 23.3. The maximum atomic E-state index is 13.7. The van der Waals surface area contributed by atoms with Crippen LogP contribution in [0, 0.1) is 24.0 Å². The van der Waals surface area contributed by atoms with E-state index < -0.39 is 11.0 Å². The van der Waals surface area contributed by atoms with Gasteiger partial charge < -0.3 is 10.6 Å². The third-order valence-corrected chi connectivity index (χ3v) is 7.01. The Morgan fingerprint density at radius 2 is 1.97 bits per heavy atom. The molecule has 1 aliphatic rings. The van der Waals surface area contributed by atoms with Gasteiger partial charge in [-0.15, -0.1) is 5.10 Å². The number of aromatic nitrogens is 3. The van der Waals surface area contributed by atoms with Crippen LogP contribution in [0.2, 0.25) is 0 Å². The molecule has 3 aromatic rings. The molecule has 35 heavy (non-hydrogen) atoms. The number of unbranched alkanes of at least 4 members (excludes halogenated alkanes) is 1. The van der Waals surface area contributed by atoms with Crippen molar-refractivity contribution in [1.82, 2.24) is 14.8 Å². The van der Waals surface area contributed by atoms with Crippen LogP contribution < -0.4 is 10.6 Å². The zero-order valence-corrected chi connectivity index (χ0v) is 21.0. The van der Waals surface area contributed by atoms with Crippen LogP contribution in [0.5, 0.6) is 0 Å². The Kier molecular flexibility index (Phi) is 7.20. The Morgan fingerprint density at radius 3 is 2.71 bits per heavy atom. The lowest BCUT2D eigenvalue weighted by Crippen LogP contribution is -2.32. The topological polar surface area (TPSA) is 115 Å². The molecular weight excluding hydrogens is 464 g/mol. The van der Waals surface area contributed by atoms with Gasteiger partial charge in [0.15, 0.2) is 0 Å². The summed E-state index contributed by atoms with van der Waals surface area (Å²) in [5.41, 5.74) is 3.92. The van der Waals surface area contributed by atoms with E-state index in [4.69, 9.17) is 0 Å². The molecule has 0 radical (unpaired) electrons. The van der Waals surface area contributed by atoms with Crippen LogP contribution in [0.1, 0.15) is 49.4 Å². The van der Waals surface area contributed by atoms with E-state index in [0.717, 1.165) is 29.7 Å². The van der Waals surface area contributed by atoms with Crippen LogP contribution in [0.3, 0.4) is 0 Å². The summed E-state index contributed by atoms with van der Waals surface area (Å²) in [7, 11) is 0. The summed E-state index contributed by atoms with van der Waals surface area (Å²) in [6.45, 7) is 7.82. The van der Waals surface area contributed by atoms with Crippen LogP contribution in [0.4, 0.5) is 17.3 Å². The van der Waals surface area contributed by atoms with Crippen LogP contribution in [-0.2, 0) is 4.79 Å². The number of amides is 1. The number of benzene rings is 2. The minimum Gasteiger partial charge on any atom is -0.328 e. The smallest absolute Gasteiger partial charge is 0.275 e. The average Bonchev–Trinajstić information content (AvgIpc) is 3.23. The van der Waals surface area contributed by atoms with E-state index in [9.17, 15) is 14.9 Å². The molecular formula is C25H28N6O3S. The van der Waals surface area contributed by atoms with E-state index in [2.05, 4.69) is 27.6 Å². The molecule has 1 amide bonds. The summed E-state index contributed by atoms with van der Waals surface area (Å²) >= 11 is 1.53. The van der Waals surface area contributed by atoms with Gasteiger partial charge in [-0.1, -0.05) is 49.4 Å². The van der Waals surface area contributed by atoms with Gasteiger partial charge in [-0.2, -0.15) is 4.98 Å². The third kappa shape index (κ3) is 4.93. The minimum atomic E-state index is -0.814. The summed E-state index contributed by atoms with van der Waals surface area (Å²) in [5.74, 6) is 0.962. The monoisotopic (exact) mass is 492 g/mol. The van der Waals surface area contributed by atoms with E-state index in [1.54, 1.807) is 29.8 Å². The molecule has 182 valence electrons. The number of fused-ring (bicyclic) bond motifs is 1. The number of para-hydroxylation sites is 1. The molecule has 2 aromatic carbocycles. The van der Waals surface area contributed by atoms with Crippen molar-refractivity contribution in [3.8, 4) is 0 Å². The lowest BCUT2D eigenvalue weighted by molar-refractivity contribution is -0.385. The quantitative estimate of drug-likeness (QED) is 0.181. The zero-order valence-electron chi connectivity index (χ0n) is 20.2. The Balaban J connectivity index is 1.81. The van der Waals surface area contributed by atoms with Gasteiger partial charge in [0.05, 0.1) is 16.1 Å². The Labute approximate surface area is 208 Å². The molecule has 1 atom stereocenters. The first-order chi connectivity index (χ1) is 16.8. The van der Waals surface area contributed by atoms with E-state index in [1.807, 2.05) is 32.0 Å². The van der Waals surface area contributed by atoms with Crippen molar-refractivity contribution in [2.75, 3.05) is 16.4 Å². The number of nitrogens with one attached hydrogen (secondary N) is 2. The molecule has 0 spiro atoms. The van der Waals surface area contributed by atoms with Gasteiger partial charge >= 0.3 is 0 Å². The fourth-order valence-corrected chi connectivity index (χ4v) is 4.96. The molecule has 10 heteroatoms. The number of aryl methyl sites for hydroxylation is 1. The largest absolute Gasteiger partial charge is 0.328 e. The van der Waals surface area contributed by atoms with Crippen molar-refractivity contribution >= 4 is 35.0 Å². The predicted octanol–water partition coefficient (Wildman–Crippen LogP) is 5.62. The first-order valence-corrected chi connectivity index (χ1v) is 12.5. The predicted molar refractivity (Wildman–Crippen MR) is 138 cm³/mol. The highest BCUT2D eigenvalue weighted by atomic mass is 32.2. The van der Waals surface area contributed by atoms with Gasteiger partial charge in [-0.25, -0.2) is 4.68 Å². The molecule has 1 aliphatic heterocycles. The number of thioether (sulfide) groups is 1. The molecule has 0 saturated heterocycles. The summed E-state index contributed by atoms with van der Waals surface area (Å²) in [6.07, 6.45) is 2.08. The van der Waals surface area contributed by atoms with Crippen LogP contribution in [0.25, 0.3) is 0 Å². The summed E-state index contributed by atoms with van der Waals surface area (Å²) in [4.78, 5) is 29.8. The van der Waals surface area contributed by atoms with Crippen LogP contribution >= 0.6 is 11.8 Å². The van der Waals surface area contributed by atoms with Crippen LogP contribution in [0.15, 0.2) is 58.9 Å². The molecule has 0 bridgehead atoms. The summed E-state index contributed by atoms with van der Waals surface area (Å²) < 4.78 is 1.58. The lowest BCUT2D eigenvalue weighted by atomic mass is 9.93. The van der Waals surface area contributed by atoms with Gasteiger partial charge in [0.2, 0.25) is 11.1 Å². The zero-order chi connectivity index (χ0) is 25.1. The van der Waals surface area contributed by atoms with E-state index in [1.165, 1.54) is 17.8 Å². The highest BCUT2D eigenvalue weighted by Crippen LogP contribution is 2.40. The molecule has 0 saturated carbocycles. The molecule has 1 unspecified atom stereocenters. The molecule has 0 fully saturated rings. The number of allylic oxidation sites excluding steroid dienone is 1. The first kappa shape index (κ1) is 24.5. The number of carbonyl (C=O) groups excluding carboxylic acids is 1. The fourth-order valence-electron chi connectivity index (χ4n) is 4.04. The maximum absolute atomic E-state index is 13.7. The van der Waals surface area contributed by atoms with Crippen molar-refractivity contribution in [2.45, 2.75) is 51.7 Å². The normalized spacial score (nSPS) is 14.9. The van der Waals surface area contributed by atoms with Gasteiger partial charge in [-0.05, 0) is 50.5 Å². The lowest BCUT2D eigenvalue weighted by Gasteiger charge is -2.28. The highest BCUT2D eigenvalue weighted by Gasteiger charge is 2.37. The summed E-state index contributed by atoms with van der Waals surface area (Å²) in [6, 6.07) is 11.3. The first-order valence-electron chi connectivity index (χ1n) is 11.5. The number of nitro benzene ring substituents is 1. The maximum Gasteiger partial charge on any atom is 0.275 e. The number of hydrogen-bond donors (Lipinski definition) is 2. The molecule has 4 rings (SSSR count). The molecule has 9 nitrogen and oxygen atoms in total. The van der Waals surface area contributed by atoms with Gasteiger partial charge in [0.25, 0.3) is 11.6 Å². The second-order valence-corrected chi connectivity index (χ2v) is 9.51. The Morgan fingerprint density at radius 1 is 1.20 bits per heavy atom. The minimum absolute atomic E-state index is 0.0779. The van der Waals surface area contributed by atoms with Crippen molar-refractivity contribution in [2.24, 2.45) is 0 Å². The highest BCUT2D eigenvalue weighted by molar-refractivity contribution is 7.99. The van der Waals surface area contributed by atoms with E-state index in [0.29, 0.717) is 33.6 Å². The fraction of sp³-hybridized carbons (Fsp3) is 0.320. The number of anilines is 2. The second-order valence-electron chi connectivity index (χ2n) is 8.45. The number of nitrogens with zero attached hydrogens (tertiary/aromatic N) is 4. The molecule has 0 aliphatic carbocycles. The SMILES string of the molecule is CCCCSc1nc2n(n1)C(c1ccccc1[N+](=O)[O-])C(C(=O)Nc1cccc(C)c1C)=C(C)N2. The van der Waals surface area contributed by atoms with Crippen LogP contribution in [-0.4, -0.2) is 31.3 Å². The van der Waals surface area contributed by atoms with Crippen molar-refractivity contribution in [3.05, 3.63) is 80.5 Å². The Bertz CT molecular complexity index is 1320. The van der Waals surface area contributed by atoms with Gasteiger partial charge in [0, 0.05) is 23.2 Å². The second kappa shape index (κ2) is 10.3. The standard InChI is InChI=1S/C25H28N6O3S/c1-5-6-14-35-25-28-24-26-17(4)21(23(32)27-19-12-9-10-15(2)16(19)3)22(30(24)29-25)18-11-7-8-13-20(18)31(33)34/h7-13,22H,5-6,14H2,1-4H3,(H,27,32)(H,26,28,29).